The number of primary amides is 1. The number of urea groups is 1. The first kappa shape index (κ1) is 13.8. The van der Waals surface area contributed by atoms with E-state index in [1.165, 1.54) is 16.9 Å². The Balaban J connectivity index is 3.42. The van der Waals surface area contributed by atoms with Gasteiger partial charge in [0, 0.05) is 5.69 Å². The van der Waals surface area contributed by atoms with Gasteiger partial charge in [0.2, 0.25) is 0 Å². The van der Waals surface area contributed by atoms with Crippen LogP contribution in [0.25, 0.3) is 0 Å². The molecule has 98 valence electrons. The third kappa shape index (κ3) is 2.88. The van der Waals surface area contributed by atoms with Gasteiger partial charge >= 0.3 is 12.0 Å². The van der Waals surface area contributed by atoms with Crippen LogP contribution in [-0.4, -0.2) is 27.5 Å². The number of carbonyl (C=O) groups excluding carboxylic acids is 2. The van der Waals surface area contributed by atoms with Gasteiger partial charge in [0.05, 0.1) is 12.7 Å². The first-order valence-electron chi connectivity index (χ1n) is 4.58. The Kier molecular flexibility index (Phi) is 3.76. The smallest absolute Gasteiger partial charge is 0.339 e. The van der Waals surface area contributed by atoms with Crippen LogP contribution in [-0.2, 0) is 14.8 Å². The molecule has 5 N–H and O–H groups in total. The second kappa shape index (κ2) is 4.92. The van der Waals surface area contributed by atoms with Crippen molar-refractivity contribution in [1.82, 2.24) is 4.72 Å². The summed E-state index contributed by atoms with van der Waals surface area (Å²) in [4.78, 5) is 21.5. The zero-order valence-electron chi connectivity index (χ0n) is 9.34. The van der Waals surface area contributed by atoms with Crippen molar-refractivity contribution in [3.8, 4) is 0 Å². The van der Waals surface area contributed by atoms with Crippen LogP contribution in [0.5, 0.6) is 0 Å². The first-order valence-corrected chi connectivity index (χ1v) is 6.06. The Morgan fingerprint density at radius 2 is 1.94 bits per heavy atom. The molecule has 1 rings (SSSR count). The van der Waals surface area contributed by atoms with Gasteiger partial charge in [-0.15, -0.1) is 0 Å². The minimum Gasteiger partial charge on any atom is -0.465 e. The van der Waals surface area contributed by atoms with Crippen LogP contribution < -0.4 is 16.2 Å². The highest BCUT2D eigenvalue weighted by molar-refractivity contribution is 7.90. The molecule has 0 aliphatic heterocycles. The molecule has 0 heterocycles. The molecule has 0 aromatic heterocycles. The third-order valence-corrected chi connectivity index (χ3v) is 3.32. The third-order valence-electron chi connectivity index (χ3n) is 1.94. The summed E-state index contributed by atoms with van der Waals surface area (Å²) in [6.07, 6.45) is 0. The van der Waals surface area contributed by atoms with Gasteiger partial charge in [-0.25, -0.2) is 22.7 Å². The highest BCUT2D eigenvalue weighted by atomic mass is 32.2. The predicted molar refractivity (Wildman–Crippen MR) is 62.1 cm³/mol. The standard InChI is InChI=1S/C9H11N3O5S/c1-17-8(13)6-3-2-5(10)4-7(6)18(15,16)12-9(11)14/h2-4H,10H2,1H3,(H3,11,12,14). The number of hydrogen-bond donors (Lipinski definition) is 3. The summed E-state index contributed by atoms with van der Waals surface area (Å²) in [6, 6.07) is 2.26. The van der Waals surface area contributed by atoms with Crippen LogP contribution in [0.2, 0.25) is 0 Å². The molecule has 0 aliphatic rings. The molecule has 0 bridgehead atoms. The van der Waals surface area contributed by atoms with E-state index in [0.717, 1.165) is 13.2 Å². The molecule has 0 saturated carbocycles. The minimum atomic E-state index is -4.27. The van der Waals surface area contributed by atoms with Gasteiger partial charge in [-0.3, -0.25) is 0 Å². The number of rotatable bonds is 3. The number of esters is 1. The lowest BCUT2D eigenvalue weighted by Crippen LogP contribution is -2.35. The zero-order chi connectivity index (χ0) is 13.9. The SMILES string of the molecule is COC(=O)c1ccc(N)cc1S(=O)(=O)NC(N)=O. The van der Waals surface area contributed by atoms with Crippen LogP contribution in [0.15, 0.2) is 23.1 Å². The van der Waals surface area contributed by atoms with E-state index in [1.807, 2.05) is 0 Å². The van der Waals surface area contributed by atoms with Gasteiger partial charge in [0.25, 0.3) is 10.0 Å². The molecule has 2 amide bonds. The summed E-state index contributed by atoms with van der Waals surface area (Å²) in [5.74, 6) is -0.875. The van der Waals surface area contributed by atoms with Crippen molar-refractivity contribution in [2.45, 2.75) is 4.90 Å². The lowest BCUT2D eigenvalue weighted by molar-refractivity contribution is 0.0596. The normalized spacial score (nSPS) is 10.7. The second-order valence-corrected chi connectivity index (χ2v) is 4.87. The first-order chi connectivity index (χ1) is 8.27. The van der Waals surface area contributed by atoms with E-state index in [4.69, 9.17) is 11.5 Å². The topological polar surface area (TPSA) is 142 Å². The number of carbonyl (C=O) groups is 2. The van der Waals surface area contributed by atoms with Crippen molar-refractivity contribution in [3.05, 3.63) is 23.8 Å². The Bertz CT molecular complexity index is 596. The quantitative estimate of drug-likeness (QED) is 0.496. The Morgan fingerprint density at radius 1 is 1.33 bits per heavy atom. The number of nitrogens with one attached hydrogen (secondary N) is 1. The molecule has 0 spiro atoms. The molecule has 1 aromatic carbocycles. The summed E-state index contributed by atoms with van der Waals surface area (Å²) >= 11 is 0. The summed E-state index contributed by atoms with van der Waals surface area (Å²) in [5, 5.41) is 0. The molecule has 0 unspecified atom stereocenters. The van der Waals surface area contributed by atoms with E-state index in [0.29, 0.717) is 0 Å². The van der Waals surface area contributed by atoms with Crippen LogP contribution in [0.4, 0.5) is 10.5 Å². The van der Waals surface area contributed by atoms with Gasteiger partial charge in [-0.1, -0.05) is 0 Å². The van der Waals surface area contributed by atoms with Crippen molar-refractivity contribution in [3.63, 3.8) is 0 Å². The fourth-order valence-electron chi connectivity index (χ4n) is 1.23. The maximum absolute atomic E-state index is 11.8. The number of ether oxygens (including phenoxy) is 1. The monoisotopic (exact) mass is 273 g/mol. The summed E-state index contributed by atoms with van der Waals surface area (Å²) in [5.41, 5.74) is 10.0. The fraction of sp³-hybridized carbons (Fsp3) is 0.111. The molecule has 0 saturated heterocycles. The molecule has 18 heavy (non-hydrogen) atoms. The van der Waals surface area contributed by atoms with E-state index in [2.05, 4.69) is 4.74 Å². The van der Waals surface area contributed by atoms with Gasteiger partial charge in [0.15, 0.2) is 0 Å². The lowest BCUT2D eigenvalue weighted by Gasteiger charge is -2.09. The van der Waals surface area contributed by atoms with Crippen LogP contribution >= 0.6 is 0 Å². The second-order valence-electron chi connectivity index (χ2n) is 3.22. The Morgan fingerprint density at radius 3 is 2.44 bits per heavy atom. The van der Waals surface area contributed by atoms with E-state index in [-0.39, 0.29) is 11.3 Å². The van der Waals surface area contributed by atoms with Crippen molar-refractivity contribution >= 4 is 27.7 Å². The molecule has 1 aromatic rings. The van der Waals surface area contributed by atoms with Crippen molar-refractivity contribution in [1.29, 1.82) is 0 Å². The summed E-state index contributed by atoms with van der Waals surface area (Å²) < 4.78 is 29.5. The fourth-order valence-corrected chi connectivity index (χ4v) is 2.33. The van der Waals surface area contributed by atoms with Crippen molar-refractivity contribution < 1.29 is 22.7 Å². The average molecular weight is 273 g/mol. The van der Waals surface area contributed by atoms with Crippen LogP contribution in [0.3, 0.4) is 0 Å². The number of anilines is 1. The maximum Gasteiger partial charge on any atom is 0.339 e. The molecular weight excluding hydrogens is 262 g/mol. The number of benzene rings is 1. The Labute approximate surface area is 103 Å². The van der Waals surface area contributed by atoms with Crippen molar-refractivity contribution in [2.75, 3.05) is 12.8 Å². The lowest BCUT2D eigenvalue weighted by atomic mass is 10.2. The Hall–Kier alpha value is -2.29. The van der Waals surface area contributed by atoms with Gasteiger partial charge in [-0.2, -0.15) is 0 Å². The molecule has 8 nitrogen and oxygen atoms in total. The number of sulfonamides is 1. The van der Waals surface area contributed by atoms with E-state index in [1.54, 1.807) is 0 Å². The highest BCUT2D eigenvalue weighted by Gasteiger charge is 2.24. The van der Waals surface area contributed by atoms with Gasteiger partial charge in [0.1, 0.15) is 4.90 Å². The number of nitrogens with two attached hydrogens (primary N) is 2. The molecule has 0 aliphatic carbocycles. The number of hydrogen-bond acceptors (Lipinski definition) is 6. The largest absolute Gasteiger partial charge is 0.465 e. The van der Waals surface area contributed by atoms with E-state index >= 15 is 0 Å². The zero-order valence-corrected chi connectivity index (χ0v) is 10.2. The van der Waals surface area contributed by atoms with Crippen molar-refractivity contribution in [2.24, 2.45) is 5.73 Å². The molecular formula is C9H11N3O5S. The van der Waals surface area contributed by atoms with E-state index < -0.39 is 26.9 Å². The molecule has 9 heteroatoms. The van der Waals surface area contributed by atoms with E-state index in [9.17, 15) is 18.0 Å². The van der Waals surface area contributed by atoms with Crippen LogP contribution in [0, 0.1) is 0 Å². The summed E-state index contributed by atoms with van der Waals surface area (Å²) in [7, 11) is -3.18. The number of methoxy groups -OCH3 is 1. The molecule has 0 fully saturated rings. The average Bonchev–Trinajstić information content (AvgIpc) is 2.26. The van der Waals surface area contributed by atoms with Gasteiger partial charge in [-0.05, 0) is 18.2 Å². The number of amides is 2. The highest BCUT2D eigenvalue weighted by Crippen LogP contribution is 2.19. The van der Waals surface area contributed by atoms with Gasteiger partial charge < -0.3 is 16.2 Å². The summed E-state index contributed by atoms with van der Waals surface area (Å²) in [6.45, 7) is 0. The maximum atomic E-state index is 11.8. The predicted octanol–water partition coefficient (Wildman–Crippen LogP) is -0.588. The van der Waals surface area contributed by atoms with Crippen LogP contribution in [0.1, 0.15) is 10.4 Å². The molecule has 0 atom stereocenters. The number of nitrogen functional groups attached to an aromatic ring is 1. The molecule has 0 radical (unpaired) electrons. The minimum absolute atomic E-state index is 0.104.